The fourth-order valence-electron chi connectivity index (χ4n) is 5.13. The highest BCUT2D eigenvalue weighted by Crippen LogP contribution is 2.49. The number of guanidine groups is 1. The number of pyridine rings is 1. The predicted molar refractivity (Wildman–Crippen MR) is 131 cm³/mol. The molecule has 3 N–H and O–H groups in total. The third kappa shape index (κ3) is 3.05. The molecule has 33 heavy (non-hydrogen) atoms. The molecule has 5 heterocycles. The predicted octanol–water partition coefficient (Wildman–Crippen LogP) is 3.37. The molecule has 1 aliphatic carbocycles. The van der Waals surface area contributed by atoms with E-state index in [1.54, 1.807) is 0 Å². The number of aromatic nitrogens is 1. The molecule has 0 aromatic carbocycles. The Balaban J connectivity index is 1.56. The number of rotatable bonds is 1. The summed E-state index contributed by atoms with van der Waals surface area (Å²) < 4.78 is 20.8. The molecule has 2 aromatic heterocycles. The first kappa shape index (κ1) is 20.8. The quantitative estimate of drug-likeness (QED) is 0.608. The number of fused-ring (bicyclic) bond motifs is 3. The molecule has 0 radical (unpaired) electrons. The topological polar surface area (TPSA) is 99.6 Å². The number of nitrogen functional groups attached to an aromatic ring is 1. The highest BCUT2D eigenvalue weighted by molar-refractivity contribution is 7.23. The lowest BCUT2D eigenvalue weighted by atomic mass is 9.83. The standard InChI is InChI=1S/C23H22FN6OPS/c1-10-2-3-30(7-10)23-28-5-12-13-8-31-9-14(13)16(20(32)18(12)29-23)19-17-11(4-25)22(26)33-21(17)15(24)6-27-19/h5-6,10,18H,2-3,7-9,26,32H2,1H3,(H,28,29). The molecule has 7 nitrogen and oxygen atoms in total. The van der Waals surface area contributed by atoms with Crippen LogP contribution in [0.3, 0.4) is 0 Å². The van der Waals surface area contributed by atoms with Gasteiger partial charge in [-0.2, -0.15) is 5.26 Å². The maximum atomic E-state index is 14.6. The summed E-state index contributed by atoms with van der Waals surface area (Å²) in [6.45, 7) is 5.11. The smallest absolute Gasteiger partial charge is 0.198 e. The van der Waals surface area contributed by atoms with Crippen LogP contribution in [0.1, 0.15) is 24.6 Å². The van der Waals surface area contributed by atoms with Crippen LogP contribution >= 0.6 is 20.6 Å². The van der Waals surface area contributed by atoms with Crippen molar-refractivity contribution in [3.63, 3.8) is 0 Å². The first-order valence-corrected chi connectivity index (χ1v) is 12.2. The summed E-state index contributed by atoms with van der Waals surface area (Å²) >= 11 is 1.08. The lowest BCUT2D eigenvalue weighted by Gasteiger charge is -2.33. The van der Waals surface area contributed by atoms with Crippen molar-refractivity contribution in [3.8, 4) is 6.07 Å². The van der Waals surface area contributed by atoms with Gasteiger partial charge in [-0.3, -0.25) is 4.98 Å². The number of anilines is 1. The van der Waals surface area contributed by atoms with E-state index < -0.39 is 5.82 Å². The lowest BCUT2D eigenvalue weighted by molar-refractivity contribution is 0.207. The van der Waals surface area contributed by atoms with Crippen LogP contribution < -0.4 is 11.1 Å². The van der Waals surface area contributed by atoms with Crippen molar-refractivity contribution >= 4 is 47.2 Å². The minimum Gasteiger partial charge on any atom is -0.389 e. The Kier molecular flexibility index (Phi) is 4.80. The van der Waals surface area contributed by atoms with Gasteiger partial charge in [0.05, 0.1) is 35.4 Å². The number of ether oxygens (including phenoxy) is 1. The maximum absolute atomic E-state index is 14.6. The number of hydrogen-bond acceptors (Lipinski definition) is 8. The molecule has 0 saturated carbocycles. The van der Waals surface area contributed by atoms with Crippen molar-refractivity contribution < 1.29 is 9.13 Å². The van der Waals surface area contributed by atoms with E-state index in [1.165, 1.54) is 6.20 Å². The van der Waals surface area contributed by atoms with Gasteiger partial charge in [-0.25, -0.2) is 9.38 Å². The van der Waals surface area contributed by atoms with Gasteiger partial charge in [-0.15, -0.1) is 20.6 Å². The molecule has 10 heteroatoms. The van der Waals surface area contributed by atoms with Crippen molar-refractivity contribution in [3.05, 3.63) is 51.5 Å². The summed E-state index contributed by atoms with van der Waals surface area (Å²) in [5.74, 6) is 1.03. The third-order valence-electron chi connectivity index (χ3n) is 6.76. The van der Waals surface area contributed by atoms with E-state index >= 15 is 0 Å². The van der Waals surface area contributed by atoms with Crippen molar-refractivity contribution in [2.45, 2.75) is 19.4 Å². The zero-order chi connectivity index (χ0) is 22.9. The van der Waals surface area contributed by atoms with Crippen LogP contribution in [-0.4, -0.2) is 48.2 Å². The fourth-order valence-corrected chi connectivity index (χ4v) is 6.61. The van der Waals surface area contributed by atoms with Crippen molar-refractivity contribution in [1.82, 2.24) is 15.2 Å². The minimum absolute atomic E-state index is 0.221. The number of likely N-dealkylation sites (tertiary alicyclic amines) is 1. The van der Waals surface area contributed by atoms with Gasteiger partial charge in [-0.05, 0) is 28.8 Å². The van der Waals surface area contributed by atoms with Crippen LogP contribution in [0.2, 0.25) is 0 Å². The summed E-state index contributed by atoms with van der Waals surface area (Å²) in [6.07, 6.45) is 4.40. The van der Waals surface area contributed by atoms with Crippen molar-refractivity contribution in [2.24, 2.45) is 10.9 Å². The highest BCUT2D eigenvalue weighted by Gasteiger charge is 2.38. The summed E-state index contributed by atoms with van der Waals surface area (Å²) in [7, 11) is 2.84. The first-order chi connectivity index (χ1) is 16.0. The van der Waals surface area contributed by atoms with Crippen LogP contribution in [0, 0.1) is 23.1 Å². The van der Waals surface area contributed by atoms with Gasteiger partial charge in [0.1, 0.15) is 17.1 Å². The molecule has 0 bridgehead atoms. The van der Waals surface area contributed by atoms with Crippen LogP contribution in [-0.2, 0) is 4.74 Å². The van der Waals surface area contributed by atoms with E-state index in [0.717, 1.165) is 64.4 Å². The van der Waals surface area contributed by atoms with Gasteiger partial charge in [-0.1, -0.05) is 6.92 Å². The summed E-state index contributed by atoms with van der Waals surface area (Å²) in [5.41, 5.74) is 10.9. The molecule has 0 spiro atoms. The second kappa shape index (κ2) is 7.63. The normalized spacial score (nSPS) is 24.5. The Labute approximate surface area is 196 Å². The number of aliphatic imine (C=N–C) groups is 1. The number of thiophene rings is 1. The molecule has 3 atom stereocenters. The number of nitrogens with two attached hydrogens (primary N) is 1. The Hall–Kier alpha value is -2.79. The van der Waals surface area contributed by atoms with Crippen LogP contribution in [0.15, 0.2) is 39.4 Å². The third-order valence-corrected chi connectivity index (χ3v) is 8.39. The van der Waals surface area contributed by atoms with Gasteiger partial charge >= 0.3 is 0 Å². The molecule has 3 aliphatic heterocycles. The number of nitrogens with one attached hydrogen (secondary N) is 1. The van der Waals surface area contributed by atoms with Gasteiger partial charge in [0.25, 0.3) is 0 Å². The number of nitriles is 1. The molecule has 3 unspecified atom stereocenters. The van der Waals surface area contributed by atoms with Gasteiger partial charge in [0.2, 0.25) is 0 Å². The van der Waals surface area contributed by atoms with Gasteiger partial charge in [0, 0.05) is 35.8 Å². The second-order valence-corrected chi connectivity index (χ2v) is 10.5. The van der Waals surface area contributed by atoms with E-state index in [0.29, 0.717) is 39.9 Å². The first-order valence-electron chi connectivity index (χ1n) is 10.8. The fraction of sp³-hybridized carbons (Fsp3) is 0.348. The molecular weight excluding hydrogens is 458 g/mol. The zero-order valence-electron chi connectivity index (χ0n) is 18.0. The van der Waals surface area contributed by atoms with Gasteiger partial charge < -0.3 is 20.7 Å². The van der Waals surface area contributed by atoms with E-state index in [2.05, 4.69) is 37.4 Å². The summed E-state index contributed by atoms with van der Waals surface area (Å²) in [6, 6.07) is 1.93. The molecule has 168 valence electrons. The molecule has 6 rings (SSSR count). The molecule has 1 fully saturated rings. The Morgan fingerprint density at radius 3 is 2.97 bits per heavy atom. The second-order valence-electron chi connectivity index (χ2n) is 8.83. The number of hydrogen-bond donors (Lipinski definition) is 2. The molecular formula is C23H22FN6OPS. The largest absolute Gasteiger partial charge is 0.389 e. The Bertz CT molecular complexity index is 1380. The van der Waals surface area contributed by atoms with Crippen LogP contribution in [0.4, 0.5) is 9.39 Å². The van der Waals surface area contributed by atoms with E-state index in [9.17, 15) is 9.65 Å². The summed E-state index contributed by atoms with van der Waals surface area (Å²) in [4.78, 5) is 11.8. The van der Waals surface area contributed by atoms with Crippen LogP contribution in [0.5, 0.6) is 0 Å². The zero-order valence-corrected chi connectivity index (χ0v) is 20.0. The Morgan fingerprint density at radius 2 is 2.21 bits per heavy atom. The number of halogens is 1. The average molecular weight is 481 g/mol. The molecule has 1 saturated heterocycles. The minimum atomic E-state index is -0.476. The SMILES string of the molecule is CC1CCN(C2=NC3C(=CN2)C2=C(COC2)C(c2ncc(F)c4sc(N)c(C#N)c24)=C3P)C1. The van der Waals surface area contributed by atoms with E-state index in [4.69, 9.17) is 15.5 Å². The van der Waals surface area contributed by atoms with Crippen molar-refractivity contribution in [1.29, 1.82) is 5.26 Å². The molecule has 0 amide bonds. The van der Waals surface area contributed by atoms with Gasteiger partial charge in [0.15, 0.2) is 11.8 Å². The Morgan fingerprint density at radius 1 is 1.39 bits per heavy atom. The summed E-state index contributed by atoms with van der Waals surface area (Å²) in [5, 5.41) is 14.9. The van der Waals surface area contributed by atoms with Crippen molar-refractivity contribution in [2.75, 3.05) is 32.0 Å². The highest BCUT2D eigenvalue weighted by atomic mass is 32.1. The maximum Gasteiger partial charge on any atom is 0.198 e. The monoisotopic (exact) mass is 480 g/mol. The van der Waals surface area contributed by atoms with E-state index in [-0.39, 0.29) is 11.6 Å². The van der Waals surface area contributed by atoms with E-state index in [1.807, 2.05) is 6.20 Å². The average Bonchev–Trinajstić information content (AvgIpc) is 3.53. The lowest BCUT2D eigenvalue weighted by Crippen LogP contribution is -2.42. The molecule has 4 aliphatic rings. The number of nitrogens with zero attached hydrogens (tertiary/aromatic N) is 4. The molecule has 2 aromatic rings. The van der Waals surface area contributed by atoms with Crippen LogP contribution in [0.25, 0.3) is 15.7 Å².